The molecule has 4 aromatic rings. The molecule has 1 heteroatoms. The maximum atomic E-state index is 2.81. The molecule has 0 bridgehead atoms. The van der Waals surface area contributed by atoms with Crippen molar-refractivity contribution in [1.29, 1.82) is 0 Å². The SMILES string of the molecule is CC1=Cc2c(-c3ccc(C(C)(C)C)cc3)cccc2C1[Si](C)(C1=C(C)Cc2c1cccc2-c1ccc(C(C)(C)C)cc1)C1CCCCC1. The van der Waals surface area contributed by atoms with Crippen LogP contribution in [0.15, 0.2) is 96.1 Å². The van der Waals surface area contributed by atoms with Gasteiger partial charge in [-0.15, -0.1) is 0 Å². The van der Waals surface area contributed by atoms with Gasteiger partial charge in [-0.1, -0.05) is 188 Å². The second-order valence-corrected chi connectivity index (χ2v) is 22.0. The van der Waals surface area contributed by atoms with E-state index in [0.717, 1.165) is 12.0 Å². The Bertz CT molecular complexity index is 1900. The molecule has 248 valence electrons. The molecule has 0 amide bonds. The molecule has 0 aromatic heterocycles. The summed E-state index contributed by atoms with van der Waals surface area (Å²) in [4.78, 5) is 0. The molecule has 0 spiro atoms. The Morgan fingerprint density at radius 2 is 1.12 bits per heavy atom. The predicted octanol–water partition coefficient (Wildman–Crippen LogP) is 13.6. The van der Waals surface area contributed by atoms with Gasteiger partial charge in [-0.25, -0.2) is 0 Å². The second kappa shape index (κ2) is 12.2. The normalized spacial score (nSPS) is 19.6. The summed E-state index contributed by atoms with van der Waals surface area (Å²) in [6.45, 7) is 21.6. The van der Waals surface area contributed by atoms with E-state index in [1.54, 1.807) is 33.0 Å². The van der Waals surface area contributed by atoms with Crippen molar-refractivity contribution in [3.8, 4) is 22.3 Å². The van der Waals surface area contributed by atoms with Crippen LogP contribution >= 0.6 is 0 Å². The molecular weight excluding hydrogens is 593 g/mol. The summed E-state index contributed by atoms with van der Waals surface area (Å²) in [5.74, 6) is 0. The van der Waals surface area contributed by atoms with E-state index in [-0.39, 0.29) is 10.8 Å². The molecule has 48 heavy (non-hydrogen) atoms. The van der Waals surface area contributed by atoms with E-state index >= 15 is 0 Å². The summed E-state index contributed by atoms with van der Waals surface area (Å²) >= 11 is 0. The lowest BCUT2D eigenvalue weighted by Gasteiger charge is -2.46. The van der Waals surface area contributed by atoms with Crippen LogP contribution in [0.2, 0.25) is 12.1 Å². The van der Waals surface area contributed by atoms with Crippen LogP contribution in [0.4, 0.5) is 0 Å². The maximum Gasteiger partial charge on any atom is 0.0990 e. The highest BCUT2D eigenvalue weighted by atomic mass is 28.3. The fourth-order valence-electron chi connectivity index (χ4n) is 9.80. The maximum absolute atomic E-state index is 2.81. The van der Waals surface area contributed by atoms with Gasteiger partial charge in [-0.05, 0) is 92.3 Å². The van der Waals surface area contributed by atoms with Gasteiger partial charge in [0.05, 0.1) is 8.07 Å². The summed E-state index contributed by atoms with van der Waals surface area (Å²) in [6, 6.07) is 33.3. The Kier molecular flexibility index (Phi) is 8.39. The summed E-state index contributed by atoms with van der Waals surface area (Å²) in [5, 5.41) is 1.78. The Morgan fingerprint density at radius 1 is 0.604 bits per heavy atom. The molecule has 0 N–H and O–H groups in total. The van der Waals surface area contributed by atoms with Crippen LogP contribution in [-0.2, 0) is 17.3 Å². The third kappa shape index (κ3) is 5.61. The van der Waals surface area contributed by atoms with Crippen LogP contribution in [0.3, 0.4) is 0 Å². The first-order valence-corrected chi connectivity index (χ1v) is 21.3. The lowest BCUT2D eigenvalue weighted by molar-refractivity contribution is 0.490. The smallest absolute Gasteiger partial charge is 0.0690 e. The molecule has 0 saturated heterocycles. The van der Waals surface area contributed by atoms with E-state index in [2.05, 4.69) is 153 Å². The van der Waals surface area contributed by atoms with Crippen molar-refractivity contribution in [3.05, 3.63) is 129 Å². The van der Waals surface area contributed by atoms with E-state index in [4.69, 9.17) is 0 Å². The first kappa shape index (κ1) is 33.1. The number of benzene rings is 4. The van der Waals surface area contributed by atoms with Crippen LogP contribution in [0.5, 0.6) is 0 Å². The molecular formula is C47H56Si. The molecule has 2 atom stereocenters. The lowest BCUT2D eigenvalue weighted by Crippen LogP contribution is -2.46. The second-order valence-electron chi connectivity index (χ2n) is 17.6. The largest absolute Gasteiger partial charge is 0.0990 e. The van der Waals surface area contributed by atoms with Crippen molar-refractivity contribution in [3.63, 3.8) is 0 Å². The average molecular weight is 649 g/mol. The standard InChI is InChI=1S/C47H56Si/c1-31-29-42-38(33-21-25-35(26-22-33)46(3,4)5)17-13-19-40(42)44(31)48(9,37-15-11-10-12-16-37)45-32(2)30-43-39(18-14-20-41(43)45)34-23-27-36(28-24-34)47(6,7)8/h13-14,17-29,37,44H,10-12,15-16,30H2,1-9H3. The topological polar surface area (TPSA) is 0 Å². The zero-order valence-corrected chi connectivity index (χ0v) is 32.1. The van der Waals surface area contributed by atoms with E-state index < -0.39 is 8.07 Å². The Morgan fingerprint density at radius 3 is 1.71 bits per heavy atom. The van der Waals surface area contributed by atoms with Gasteiger partial charge in [-0.3, -0.25) is 0 Å². The molecule has 0 radical (unpaired) electrons. The molecule has 0 heterocycles. The minimum Gasteiger partial charge on any atom is -0.0690 e. The van der Waals surface area contributed by atoms with Crippen molar-refractivity contribution in [2.24, 2.45) is 0 Å². The van der Waals surface area contributed by atoms with Crippen LogP contribution < -0.4 is 0 Å². The zero-order chi connectivity index (χ0) is 34.0. The number of hydrogen-bond acceptors (Lipinski definition) is 0. The minimum absolute atomic E-state index is 0.158. The number of rotatable bonds is 5. The summed E-state index contributed by atoms with van der Waals surface area (Å²) in [5.41, 5.74) is 19.4. The quantitative estimate of drug-likeness (QED) is 0.189. The molecule has 3 aliphatic carbocycles. The van der Waals surface area contributed by atoms with Gasteiger partial charge in [0.2, 0.25) is 0 Å². The van der Waals surface area contributed by atoms with Crippen molar-refractivity contribution >= 4 is 19.3 Å². The molecule has 2 unspecified atom stereocenters. The monoisotopic (exact) mass is 648 g/mol. The number of fused-ring (bicyclic) bond motifs is 2. The third-order valence-electron chi connectivity index (χ3n) is 12.3. The summed E-state index contributed by atoms with van der Waals surface area (Å²) in [6.07, 6.45) is 10.6. The average Bonchev–Trinajstić information content (AvgIpc) is 3.60. The van der Waals surface area contributed by atoms with Gasteiger partial charge in [0.25, 0.3) is 0 Å². The lowest BCUT2D eigenvalue weighted by atomic mass is 9.85. The highest BCUT2D eigenvalue weighted by Gasteiger charge is 2.52. The number of allylic oxidation sites excluding steroid dienone is 2. The zero-order valence-electron chi connectivity index (χ0n) is 31.1. The van der Waals surface area contributed by atoms with Gasteiger partial charge in [0, 0.05) is 5.54 Å². The van der Waals surface area contributed by atoms with Crippen molar-refractivity contribution in [2.75, 3.05) is 0 Å². The Balaban J connectivity index is 1.35. The fourth-order valence-corrected chi connectivity index (χ4v) is 16.3. The van der Waals surface area contributed by atoms with E-state index in [9.17, 15) is 0 Å². The van der Waals surface area contributed by atoms with E-state index in [1.165, 1.54) is 71.0 Å². The van der Waals surface area contributed by atoms with Crippen LogP contribution in [-0.4, -0.2) is 8.07 Å². The van der Waals surface area contributed by atoms with E-state index in [1.807, 2.05) is 0 Å². The molecule has 1 saturated carbocycles. The molecule has 7 rings (SSSR count). The molecule has 1 fully saturated rings. The highest BCUT2D eigenvalue weighted by molar-refractivity contribution is 6.98. The first-order valence-electron chi connectivity index (χ1n) is 18.6. The molecule has 4 aromatic carbocycles. The van der Waals surface area contributed by atoms with Gasteiger partial charge in [-0.2, -0.15) is 0 Å². The van der Waals surface area contributed by atoms with Crippen molar-refractivity contribution in [2.45, 2.75) is 122 Å². The first-order chi connectivity index (χ1) is 22.8. The van der Waals surface area contributed by atoms with Gasteiger partial charge in [0.1, 0.15) is 0 Å². The summed E-state index contributed by atoms with van der Waals surface area (Å²) < 4.78 is 0. The van der Waals surface area contributed by atoms with Crippen LogP contribution in [0.1, 0.15) is 126 Å². The molecule has 3 aliphatic rings. The van der Waals surface area contributed by atoms with Crippen molar-refractivity contribution < 1.29 is 0 Å². The highest BCUT2D eigenvalue weighted by Crippen LogP contribution is 2.59. The molecule has 0 aliphatic heterocycles. The van der Waals surface area contributed by atoms with Gasteiger partial charge in [0.15, 0.2) is 0 Å². The number of hydrogen-bond donors (Lipinski definition) is 0. The minimum atomic E-state index is -2.12. The van der Waals surface area contributed by atoms with Gasteiger partial charge >= 0.3 is 0 Å². The van der Waals surface area contributed by atoms with Crippen molar-refractivity contribution in [1.82, 2.24) is 0 Å². The fraction of sp³-hybridized carbons (Fsp3) is 0.404. The van der Waals surface area contributed by atoms with Crippen LogP contribution in [0, 0.1) is 0 Å². The van der Waals surface area contributed by atoms with Crippen LogP contribution in [0.25, 0.3) is 33.5 Å². The Hall–Kier alpha value is -3.42. The summed E-state index contributed by atoms with van der Waals surface area (Å²) in [7, 11) is -2.12. The predicted molar refractivity (Wildman–Crippen MR) is 212 cm³/mol. The third-order valence-corrected chi connectivity index (χ3v) is 18.3. The molecule has 0 nitrogen and oxygen atoms in total. The van der Waals surface area contributed by atoms with Gasteiger partial charge < -0.3 is 0 Å². The van der Waals surface area contributed by atoms with E-state index in [0.29, 0.717) is 5.54 Å². The Labute approximate surface area is 292 Å².